The Hall–Kier alpha value is 0.250. The van der Waals surface area contributed by atoms with Gasteiger partial charge < -0.3 is 4.74 Å². The first-order valence-electron chi connectivity index (χ1n) is 4.07. The van der Waals surface area contributed by atoms with Crippen LogP contribution < -0.4 is 0 Å². The van der Waals surface area contributed by atoms with Crippen LogP contribution in [0.4, 0.5) is 0 Å². The molecule has 2 aliphatic carbocycles. The maximum atomic E-state index is 5.50. The Bertz CT molecular complexity index is 126. The van der Waals surface area contributed by atoms with Crippen molar-refractivity contribution in [3.05, 3.63) is 0 Å². The molecule has 0 aromatic rings. The first kappa shape index (κ1) is 6.93. The molecule has 2 saturated carbocycles. The summed E-state index contributed by atoms with van der Waals surface area (Å²) >= 11 is 5.50. The first-order valence-corrected chi connectivity index (χ1v) is 4.61. The van der Waals surface area contributed by atoms with Gasteiger partial charge in [0, 0.05) is 0 Å². The molecule has 10 heavy (non-hydrogen) atoms. The van der Waals surface area contributed by atoms with Crippen LogP contribution in [-0.4, -0.2) is 12.2 Å². The third-order valence-corrected chi connectivity index (χ3v) is 3.08. The van der Waals surface area contributed by atoms with Gasteiger partial charge in [0.1, 0.15) is 6.07 Å². The highest BCUT2D eigenvalue weighted by molar-refractivity contribution is 6.17. The third-order valence-electron chi connectivity index (χ3n) is 2.95. The highest BCUT2D eigenvalue weighted by atomic mass is 35.5. The molecule has 2 heteroatoms. The smallest absolute Gasteiger partial charge is 0.121 e. The lowest BCUT2D eigenvalue weighted by molar-refractivity contribution is 0.0445. The monoisotopic (exact) mass is 160 g/mol. The highest BCUT2D eigenvalue weighted by Gasteiger charge is 2.39. The minimum Gasteiger partial charge on any atom is -0.362 e. The standard InChI is InChI=1S/C8H13ClO/c9-5-10-8-4-6-1-2-7(8)3-6/h6-8H,1-5H2. The van der Waals surface area contributed by atoms with Gasteiger partial charge in [0.15, 0.2) is 0 Å². The lowest BCUT2D eigenvalue weighted by Gasteiger charge is -2.20. The highest BCUT2D eigenvalue weighted by Crippen LogP contribution is 2.45. The summed E-state index contributed by atoms with van der Waals surface area (Å²) in [6, 6.07) is 0.383. The molecule has 1 nitrogen and oxygen atoms in total. The van der Waals surface area contributed by atoms with Crippen LogP contribution in [0.25, 0.3) is 0 Å². The van der Waals surface area contributed by atoms with Gasteiger partial charge in [-0.3, -0.25) is 0 Å². The Kier molecular flexibility index (Phi) is 1.88. The zero-order chi connectivity index (χ0) is 6.97. The van der Waals surface area contributed by atoms with Gasteiger partial charge in [0.25, 0.3) is 0 Å². The largest absolute Gasteiger partial charge is 0.362 e. The zero-order valence-corrected chi connectivity index (χ0v) is 6.81. The van der Waals surface area contributed by atoms with Gasteiger partial charge in [-0.15, -0.1) is 0 Å². The van der Waals surface area contributed by atoms with Gasteiger partial charge in [-0.2, -0.15) is 0 Å². The van der Waals surface area contributed by atoms with E-state index in [-0.39, 0.29) is 0 Å². The number of ether oxygens (including phenoxy) is 1. The maximum Gasteiger partial charge on any atom is 0.121 e. The normalized spacial score (nSPS) is 44.7. The number of rotatable bonds is 2. The van der Waals surface area contributed by atoms with E-state index in [1.54, 1.807) is 0 Å². The number of hydrogen-bond donors (Lipinski definition) is 0. The lowest BCUT2D eigenvalue weighted by atomic mass is 9.98. The Balaban J connectivity index is 1.90. The second-order valence-corrected chi connectivity index (χ2v) is 3.71. The molecule has 0 aliphatic heterocycles. The summed E-state index contributed by atoms with van der Waals surface area (Å²) in [7, 11) is 0. The molecule has 0 saturated heterocycles. The van der Waals surface area contributed by atoms with E-state index in [9.17, 15) is 0 Å². The van der Waals surface area contributed by atoms with Gasteiger partial charge in [0.05, 0.1) is 6.10 Å². The van der Waals surface area contributed by atoms with Crippen molar-refractivity contribution >= 4 is 11.6 Å². The molecule has 3 atom stereocenters. The van der Waals surface area contributed by atoms with Gasteiger partial charge in [0.2, 0.25) is 0 Å². The van der Waals surface area contributed by atoms with E-state index >= 15 is 0 Å². The van der Waals surface area contributed by atoms with Crippen molar-refractivity contribution in [2.45, 2.75) is 31.8 Å². The van der Waals surface area contributed by atoms with E-state index in [2.05, 4.69) is 0 Å². The molecule has 0 N–H and O–H groups in total. The molecular weight excluding hydrogens is 148 g/mol. The zero-order valence-electron chi connectivity index (χ0n) is 6.05. The summed E-state index contributed by atoms with van der Waals surface area (Å²) in [4.78, 5) is 0. The SMILES string of the molecule is ClCOC1CC2CCC1C2. The fourth-order valence-electron chi connectivity index (χ4n) is 2.47. The predicted molar refractivity (Wildman–Crippen MR) is 41.0 cm³/mol. The molecule has 0 radical (unpaired) electrons. The number of alkyl halides is 1. The lowest BCUT2D eigenvalue weighted by Crippen LogP contribution is -2.19. The van der Waals surface area contributed by atoms with Gasteiger partial charge in [-0.1, -0.05) is 11.6 Å². The van der Waals surface area contributed by atoms with E-state index in [1.807, 2.05) is 0 Å². The van der Waals surface area contributed by atoms with Crippen LogP contribution in [0.15, 0.2) is 0 Å². The quantitative estimate of drug-likeness (QED) is 0.564. The second kappa shape index (κ2) is 2.71. The van der Waals surface area contributed by atoms with Crippen LogP contribution in [0.1, 0.15) is 25.7 Å². The summed E-state index contributed by atoms with van der Waals surface area (Å²) in [5, 5.41) is 0. The van der Waals surface area contributed by atoms with Crippen LogP contribution in [-0.2, 0) is 4.74 Å². The Morgan fingerprint density at radius 1 is 1.30 bits per heavy atom. The molecule has 2 rings (SSSR count). The summed E-state index contributed by atoms with van der Waals surface area (Å²) < 4.78 is 5.40. The number of fused-ring (bicyclic) bond motifs is 2. The topological polar surface area (TPSA) is 9.23 Å². The average Bonchev–Trinajstić information content (AvgIpc) is 2.48. The fourth-order valence-corrected chi connectivity index (χ4v) is 2.63. The van der Waals surface area contributed by atoms with Crippen LogP contribution in [0.2, 0.25) is 0 Å². The predicted octanol–water partition coefficient (Wildman–Crippen LogP) is 2.39. The molecule has 3 unspecified atom stereocenters. The molecule has 0 aromatic carbocycles. The van der Waals surface area contributed by atoms with E-state index in [1.165, 1.54) is 25.7 Å². The summed E-state index contributed by atoms with van der Waals surface area (Å²) in [5.74, 6) is 1.82. The number of halogens is 1. The molecule has 0 amide bonds. The van der Waals surface area contributed by atoms with Gasteiger partial charge in [-0.25, -0.2) is 0 Å². The van der Waals surface area contributed by atoms with Crippen LogP contribution in [0, 0.1) is 11.8 Å². The Morgan fingerprint density at radius 3 is 2.70 bits per heavy atom. The second-order valence-electron chi connectivity index (χ2n) is 3.49. The van der Waals surface area contributed by atoms with E-state index in [0.717, 1.165) is 11.8 Å². The van der Waals surface area contributed by atoms with Crippen molar-refractivity contribution in [2.24, 2.45) is 11.8 Å². The van der Waals surface area contributed by atoms with Crippen molar-refractivity contribution in [3.63, 3.8) is 0 Å². The van der Waals surface area contributed by atoms with E-state index < -0.39 is 0 Å². The molecule has 2 bridgehead atoms. The molecule has 0 heterocycles. The summed E-state index contributed by atoms with van der Waals surface area (Å²) in [5.41, 5.74) is 0. The number of hydrogen-bond acceptors (Lipinski definition) is 1. The van der Waals surface area contributed by atoms with E-state index in [4.69, 9.17) is 16.3 Å². The fraction of sp³-hybridized carbons (Fsp3) is 1.00. The maximum absolute atomic E-state index is 5.50. The van der Waals surface area contributed by atoms with Crippen LogP contribution in [0.5, 0.6) is 0 Å². The Labute approximate surface area is 66.7 Å². The van der Waals surface area contributed by atoms with Crippen molar-refractivity contribution in [2.75, 3.05) is 6.07 Å². The third kappa shape index (κ3) is 1.06. The molecule has 0 spiro atoms. The van der Waals surface area contributed by atoms with E-state index in [0.29, 0.717) is 12.2 Å². The van der Waals surface area contributed by atoms with Crippen molar-refractivity contribution in [1.82, 2.24) is 0 Å². The minimum atomic E-state index is 0.383. The summed E-state index contributed by atoms with van der Waals surface area (Å²) in [6.45, 7) is 0. The molecule has 2 aliphatic rings. The Morgan fingerprint density at radius 2 is 2.20 bits per heavy atom. The van der Waals surface area contributed by atoms with Gasteiger partial charge in [-0.05, 0) is 37.5 Å². The minimum absolute atomic E-state index is 0.383. The average molecular weight is 161 g/mol. The summed E-state index contributed by atoms with van der Waals surface area (Å²) in [6.07, 6.45) is 6.01. The molecule has 2 fully saturated rings. The molecular formula is C8H13ClO. The van der Waals surface area contributed by atoms with Gasteiger partial charge >= 0.3 is 0 Å². The first-order chi connectivity index (χ1) is 4.90. The van der Waals surface area contributed by atoms with Crippen molar-refractivity contribution < 1.29 is 4.74 Å². The van der Waals surface area contributed by atoms with Crippen molar-refractivity contribution in [3.8, 4) is 0 Å². The molecule has 0 aromatic heterocycles. The molecule has 58 valence electrons. The van der Waals surface area contributed by atoms with Crippen molar-refractivity contribution in [1.29, 1.82) is 0 Å². The van der Waals surface area contributed by atoms with Crippen LogP contribution in [0.3, 0.4) is 0 Å². The van der Waals surface area contributed by atoms with Crippen LogP contribution >= 0.6 is 11.6 Å².